The lowest BCUT2D eigenvalue weighted by Gasteiger charge is -2.13. The molecule has 2 heterocycles. The highest BCUT2D eigenvalue weighted by Crippen LogP contribution is 2.27. The molecule has 0 radical (unpaired) electrons. The van der Waals surface area contributed by atoms with Crippen LogP contribution in [0, 0.1) is 0 Å². The van der Waals surface area contributed by atoms with Crippen LogP contribution in [0.5, 0.6) is 0 Å². The molecule has 0 bridgehead atoms. The van der Waals surface area contributed by atoms with Crippen LogP contribution in [0.25, 0.3) is 0 Å². The summed E-state index contributed by atoms with van der Waals surface area (Å²) in [5, 5.41) is 8.02. The highest BCUT2D eigenvalue weighted by Gasteiger charge is 2.24. The summed E-state index contributed by atoms with van der Waals surface area (Å²) in [5.41, 5.74) is 2.74. The van der Waals surface area contributed by atoms with E-state index in [-0.39, 0.29) is 5.41 Å². The third-order valence-corrected chi connectivity index (χ3v) is 3.16. The lowest BCUT2D eigenvalue weighted by Crippen LogP contribution is -2.12. The molecule has 1 aliphatic rings. The predicted octanol–water partition coefficient (Wildman–Crippen LogP) is 1.79. The Labute approximate surface area is 91.9 Å². The van der Waals surface area contributed by atoms with Gasteiger partial charge in [0, 0.05) is 30.6 Å². The molecule has 0 spiro atoms. The van der Waals surface area contributed by atoms with Crippen LogP contribution >= 0.6 is 0 Å². The van der Waals surface area contributed by atoms with Crippen molar-refractivity contribution >= 4 is 0 Å². The largest absolute Gasteiger partial charge is 0.316 e. The minimum Gasteiger partial charge on any atom is -0.316 e. The molecule has 0 amide bonds. The molecule has 1 N–H and O–H groups in total. The van der Waals surface area contributed by atoms with E-state index in [2.05, 4.69) is 49.0 Å². The Morgan fingerprint density at radius 3 is 2.67 bits per heavy atom. The predicted molar refractivity (Wildman–Crippen MR) is 62.1 cm³/mol. The van der Waals surface area contributed by atoms with Gasteiger partial charge in [-0.1, -0.05) is 20.8 Å². The third-order valence-electron chi connectivity index (χ3n) is 3.16. The standard InChI is InChI=1S/C12H21N3/c1-12(2,3)11-7-10(15(4)14-11)9-5-6-13-8-9/h7,9,13H,5-6,8H2,1-4H3. The van der Waals surface area contributed by atoms with Gasteiger partial charge in [0.1, 0.15) is 0 Å². The first-order chi connectivity index (χ1) is 6.98. The van der Waals surface area contributed by atoms with Crippen LogP contribution in [0.2, 0.25) is 0 Å². The maximum atomic E-state index is 4.62. The van der Waals surface area contributed by atoms with Crippen LogP contribution in [-0.4, -0.2) is 22.9 Å². The van der Waals surface area contributed by atoms with Gasteiger partial charge in [0.25, 0.3) is 0 Å². The molecule has 84 valence electrons. The summed E-state index contributed by atoms with van der Waals surface area (Å²) in [4.78, 5) is 0. The first-order valence-electron chi connectivity index (χ1n) is 5.73. The number of aryl methyl sites for hydroxylation is 1. The minimum atomic E-state index is 0.155. The van der Waals surface area contributed by atoms with Crippen molar-refractivity contribution < 1.29 is 0 Å². The summed E-state index contributed by atoms with van der Waals surface area (Å²) in [5.74, 6) is 0.651. The molecule has 3 heteroatoms. The van der Waals surface area contributed by atoms with Crippen molar-refractivity contribution in [1.82, 2.24) is 15.1 Å². The molecule has 1 atom stereocenters. The Morgan fingerprint density at radius 2 is 2.20 bits per heavy atom. The first kappa shape index (κ1) is 10.7. The smallest absolute Gasteiger partial charge is 0.0680 e. The number of nitrogens with zero attached hydrogens (tertiary/aromatic N) is 2. The van der Waals surface area contributed by atoms with Crippen molar-refractivity contribution in [2.45, 2.75) is 38.5 Å². The van der Waals surface area contributed by atoms with Gasteiger partial charge in [-0.3, -0.25) is 4.68 Å². The van der Waals surface area contributed by atoms with E-state index < -0.39 is 0 Å². The van der Waals surface area contributed by atoms with E-state index in [0.29, 0.717) is 5.92 Å². The van der Waals surface area contributed by atoms with Crippen molar-refractivity contribution in [3.63, 3.8) is 0 Å². The molecule has 0 saturated carbocycles. The van der Waals surface area contributed by atoms with Crippen molar-refractivity contribution in [3.8, 4) is 0 Å². The van der Waals surface area contributed by atoms with Crippen LogP contribution in [0.1, 0.15) is 44.5 Å². The van der Waals surface area contributed by atoms with Crippen molar-refractivity contribution in [1.29, 1.82) is 0 Å². The lowest BCUT2D eigenvalue weighted by molar-refractivity contribution is 0.548. The van der Waals surface area contributed by atoms with Gasteiger partial charge < -0.3 is 5.32 Å². The fourth-order valence-corrected chi connectivity index (χ4v) is 2.14. The van der Waals surface area contributed by atoms with E-state index in [1.54, 1.807) is 0 Å². The molecule has 3 nitrogen and oxygen atoms in total. The van der Waals surface area contributed by atoms with E-state index in [9.17, 15) is 0 Å². The summed E-state index contributed by atoms with van der Waals surface area (Å²) < 4.78 is 2.05. The fourth-order valence-electron chi connectivity index (χ4n) is 2.14. The van der Waals surface area contributed by atoms with Gasteiger partial charge in [-0.25, -0.2) is 0 Å². The zero-order chi connectivity index (χ0) is 11.1. The monoisotopic (exact) mass is 207 g/mol. The number of hydrogen-bond acceptors (Lipinski definition) is 2. The number of rotatable bonds is 1. The maximum Gasteiger partial charge on any atom is 0.0680 e. The topological polar surface area (TPSA) is 29.9 Å². The van der Waals surface area contributed by atoms with E-state index >= 15 is 0 Å². The zero-order valence-corrected chi connectivity index (χ0v) is 10.2. The number of nitrogens with one attached hydrogen (secondary N) is 1. The molecular weight excluding hydrogens is 186 g/mol. The average molecular weight is 207 g/mol. The fraction of sp³-hybridized carbons (Fsp3) is 0.750. The zero-order valence-electron chi connectivity index (χ0n) is 10.2. The minimum absolute atomic E-state index is 0.155. The average Bonchev–Trinajstić information content (AvgIpc) is 2.69. The molecule has 0 aliphatic carbocycles. The van der Waals surface area contributed by atoms with Gasteiger partial charge in [0.05, 0.1) is 5.69 Å². The highest BCUT2D eigenvalue weighted by atomic mass is 15.3. The summed E-state index contributed by atoms with van der Waals surface area (Å²) in [7, 11) is 2.06. The second-order valence-corrected chi connectivity index (χ2v) is 5.52. The molecule has 2 rings (SSSR count). The van der Waals surface area contributed by atoms with Crippen molar-refractivity contribution in [2.75, 3.05) is 13.1 Å². The Balaban J connectivity index is 2.29. The Hall–Kier alpha value is -0.830. The molecule has 1 aliphatic heterocycles. The second kappa shape index (κ2) is 3.63. The molecule has 1 aromatic heterocycles. The van der Waals surface area contributed by atoms with Gasteiger partial charge in [0.2, 0.25) is 0 Å². The SMILES string of the molecule is Cn1nc(C(C)(C)C)cc1C1CCNC1. The molecule has 1 fully saturated rings. The second-order valence-electron chi connectivity index (χ2n) is 5.52. The molecule has 1 unspecified atom stereocenters. The van der Waals surface area contributed by atoms with E-state index in [1.165, 1.54) is 17.8 Å². The van der Waals surface area contributed by atoms with Gasteiger partial charge in [0.15, 0.2) is 0 Å². The maximum absolute atomic E-state index is 4.62. The first-order valence-corrected chi connectivity index (χ1v) is 5.73. The van der Waals surface area contributed by atoms with Crippen LogP contribution in [-0.2, 0) is 12.5 Å². The highest BCUT2D eigenvalue weighted by molar-refractivity contribution is 5.21. The normalized spacial score (nSPS) is 22.3. The Kier molecular flexibility index (Phi) is 2.59. The van der Waals surface area contributed by atoms with E-state index in [4.69, 9.17) is 0 Å². The van der Waals surface area contributed by atoms with Crippen LogP contribution in [0.3, 0.4) is 0 Å². The molecule has 15 heavy (non-hydrogen) atoms. The Bertz CT molecular complexity index is 340. The quantitative estimate of drug-likeness (QED) is 0.761. The van der Waals surface area contributed by atoms with Crippen LogP contribution in [0.4, 0.5) is 0 Å². The van der Waals surface area contributed by atoms with Crippen molar-refractivity contribution in [3.05, 3.63) is 17.5 Å². The van der Waals surface area contributed by atoms with Crippen molar-refractivity contribution in [2.24, 2.45) is 7.05 Å². The third kappa shape index (κ3) is 2.07. The van der Waals surface area contributed by atoms with Gasteiger partial charge >= 0.3 is 0 Å². The van der Waals surface area contributed by atoms with Crippen LogP contribution in [0.15, 0.2) is 6.07 Å². The lowest BCUT2D eigenvalue weighted by atomic mass is 9.91. The molecule has 1 saturated heterocycles. The van der Waals surface area contributed by atoms with Crippen LogP contribution < -0.4 is 5.32 Å². The summed E-state index contributed by atoms with van der Waals surface area (Å²) >= 11 is 0. The number of aromatic nitrogens is 2. The van der Waals surface area contributed by atoms with E-state index in [0.717, 1.165) is 13.1 Å². The van der Waals surface area contributed by atoms with E-state index in [1.807, 2.05) is 0 Å². The van der Waals surface area contributed by atoms with Gasteiger partial charge in [-0.2, -0.15) is 5.10 Å². The van der Waals surface area contributed by atoms with Gasteiger partial charge in [-0.05, 0) is 19.0 Å². The molecular formula is C12H21N3. The summed E-state index contributed by atoms with van der Waals surface area (Å²) in [6.07, 6.45) is 1.24. The summed E-state index contributed by atoms with van der Waals surface area (Å²) in [6.45, 7) is 8.88. The summed E-state index contributed by atoms with van der Waals surface area (Å²) in [6, 6.07) is 2.28. The molecule has 0 aromatic carbocycles. The number of hydrogen-bond donors (Lipinski definition) is 1. The molecule has 1 aromatic rings. The Morgan fingerprint density at radius 1 is 1.47 bits per heavy atom. The van der Waals surface area contributed by atoms with Gasteiger partial charge in [-0.15, -0.1) is 0 Å².